The van der Waals surface area contributed by atoms with Crippen molar-refractivity contribution in [3.05, 3.63) is 51.2 Å². The summed E-state index contributed by atoms with van der Waals surface area (Å²) in [6.45, 7) is 1.73. The molecular weight excluding hydrogens is 270 g/mol. The summed E-state index contributed by atoms with van der Waals surface area (Å²) in [7, 11) is 0. The van der Waals surface area contributed by atoms with Crippen molar-refractivity contribution in [3.8, 4) is 11.3 Å². The van der Waals surface area contributed by atoms with E-state index in [-0.39, 0.29) is 22.3 Å². The SMILES string of the molecule is CCC(=O)c1ccc(-c2ccc(Cl)c([N+](=O)[O-])c2)o1. The molecule has 1 aromatic heterocycles. The molecule has 1 aromatic carbocycles. The van der Waals surface area contributed by atoms with Crippen molar-refractivity contribution in [1.82, 2.24) is 0 Å². The number of nitro groups is 1. The standard InChI is InChI=1S/C13H10ClNO4/c1-2-11(16)13-6-5-12(19-13)8-3-4-9(14)10(7-8)15(17)18/h3-7H,2H2,1H3. The summed E-state index contributed by atoms with van der Waals surface area (Å²) in [5, 5.41) is 10.9. The van der Waals surface area contributed by atoms with Crippen molar-refractivity contribution in [2.45, 2.75) is 13.3 Å². The predicted octanol–water partition coefficient (Wildman–Crippen LogP) is 4.10. The van der Waals surface area contributed by atoms with Gasteiger partial charge in [-0.25, -0.2) is 0 Å². The van der Waals surface area contributed by atoms with Crippen molar-refractivity contribution < 1.29 is 14.1 Å². The van der Waals surface area contributed by atoms with Crippen LogP contribution < -0.4 is 0 Å². The van der Waals surface area contributed by atoms with E-state index in [4.69, 9.17) is 16.0 Å². The van der Waals surface area contributed by atoms with Gasteiger partial charge in [0.1, 0.15) is 10.8 Å². The topological polar surface area (TPSA) is 73.3 Å². The molecule has 0 amide bonds. The average molecular weight is 280 g/mol. The predicted molar refractivity (Wildman–Crippen MR) is 70.4 cm³/mol. The normalized spacial score (nSPS) is 10.4. The van der Waals surface area contributed by atoms with Gasteiger partial charge < -0.3 is 4.42 Å². The van der Waals surface area contributed by atoms with E-state index >= 15 is 0 Å². The van der Waals surface area contributed by atoms with Crippen LogP contribution in [0.25, 0.3) is 11.3 Å². The Morgan fingerprint density at radius 3 is 2.74 bits per heavy atom. The third kappa shape index (κ3) is 2.66. The second kappa shape index (κ2) is 5.24. The van der Waals surface area contributed by atoms with Gasteiger partial charge in [0, 0.05) is 18.1 Å². The van der Waals surface area contributed by atoms with Gasteiger partial charge in [0.2, 0.25) is 0 Å². The molecule has 0 aliphatic rings. The van der Waals surface area contributed by atoms with Gasteiger partial charge >= 0.3 is 0 Å². The van der Waals surface area contributed by atoms with Crippen molar-refractivity contribution in [1.29, 1.82) is 0 Å². The fraction of sp³-hybridized carbons (Fsp3) is 0.154. The number of carbonyl (C=O) groups excluding carboxylic acids is 1. The molecule has 5 nitrogen and oxygen atoms in total. The lowest BCUT2D eigenvalue weighted by Gasteiger charge is -1.99. The first kappa shape index (κ1) is 13.3. The van der Waals surface area contributed by atoms with Crippen LogP contribution in [0.1, 0.15) is 23.9 Å². The molecule has 0 atom stereocenters. The smallest absolute Gasteiger partial charge is 0.288 e. The van der Waals surface area contributed by atoms with E-state index < -0.39 is 4.92 Å². The van der Waals surface area contributed by atoms with Gasteiger partial charge in [0.15, 0.2) is 11.5 Å². The van der Waals surface area contributed by atoms with Gasteiger partial charge in [0.05, 0.1) is 4.92 Å². The van der Waals surface area contributed by atoms with Crippen LogP contribution in [0.5, 0.6) is 0 Å². The molecule has 0 radical (unpaired) electrons. The summed E-state index contributed by atoms with van der Waals surface area (Å²) in [5.74, 6) is 0.529. The molecule has 1 heterocycles. The molecule has 0 aliphatic heterocycles. The first-order chi connectivity index (χ1) is 9.02. The number of rotatable bonds is 4. The number of hydrogen-bond donors (Lipinski definition) is 0. The van der Waals surface area contributed by atoms with Gasteiger partial charge in [-0.2, -0.15) is 0 Å². The largest absolute Gasteiger partial charge is 0.453 e. The maximum absolute atomic E-state index is 11.5. The van der Waals surface area contributed by atoms with E-state index in [2.05, 4.69) is 0 Å². The Hall–Kier alpha value is -2.14. The number of halogens is 1. The molecule has 0 saturated carbocycles. The Morgan fingerprint density at radius 2 is 2.11 bits per heavy atom. The summed E-state index contributed by atoms with van der Waals surface area (Å²) in [6, 6.07) is 7.52. The Bertz CT molecular complexity index is 648. The van der Waals surface area contributed by atoms with Crippen molar-refractivity contribution in [2.24, 2.45) is 0 Å². The molecule has 98 valence electrons. The summed E-state index contributed by atoms with van der Waals surface area (Å²) in [6.07, 6.45) is 0.341. The maximum atomic E-state index is 11.5. The highest BCUT2D eigenvalue weighted by molar-refractivity contribution is 6.32. The Balaban J connectivity index is 2.42. The van der Waals surface area contributed by atoms with Crippen LogP contribution >= 0.6 is 11.6 Å². The van der Waals surface area contributed by atoms with Crippen LogP contribution in [0.15, 0.2) is 34.7 Å². The zero-order valence-corrected chi connectivity index (χ0v) is 10.8. The highest BCUT2D eigenvalue weighted by Crippen LogP contribution is 2.31. The second-order valence-electron chi connectivity index (χ2n) is 3.86. The molecule has 0 unspecified atom stereocenters. The molecular formula is C13H10ClNO4. The average Bonchev–Trinajstić information content (AvgIpc) is 2.87. The minimum atomic E-state index is -0.563. The number of Topliss-reactive ketones (excluding diaryl/α,β-unsaturated/α-hetero) is 1. The lowest BCUT2D eigenvalue weighted by Crippen LogP contribution is -1.92. The van der Waals surface area contributed by atoms with Crippen molar-refractivity contribution >= 4 is 23.1 Å². The van der Waals surface area contributed by atoms with Crippen LogP contribution in [0.3, 0.4) is 0 Å². The highest BCUT2D eigenvalue weighted by atomic mass is 35.5. The van der Waals surface area contributed by atoms with E-state index in [1.165, 1.54) is 12.1 Å². The zero-order valence-electron chi connectivity index (χ0n) is 10.1. The Morgan fingerprint density at radius 1 is 1.37 bits per heavy atom. The first-order valence-electron chi connectivity index (χ1n) is 5.60. The van der Waals surface area contributed by atoms with Crippen LogP contribution in [-0.4, -0.2) is 10.7 Å². The summed E-state index contributed by atoms with van der Waals surface area (Å²) in [4.78, 5) is 21.7. The molecule has 0 bridgehead atoms. The van der Waals surface area contributed by atoms with Crippen LogP contribution in [0.4, 0.5) is 5.69 Å². The van der Waals surface area contributed by atoms with E-state index in [1.54, 1.807) is 25.1 Å². The molecule has 6 heteroatoms. The fourth-order valence-electron chi connectivity index (χ4n) is 1.62. The van der Waals surface area contributed by atoms with E-state index in [9.17, 15) is 14.9 Å². The van der Waals surface area contributed by atoms with Crippen LogP contribution in [-0.2, 0) is 0 Å². The number of nitrogens with zero attached hydrogens (tertiary/aromatic N) is 1. The van der Waals surface area contributed by atoms with E-state index in [1.807, 2.05) is 0 Å². The van der Waals surface area contributed by atoms with Crippen molar-refractivity contribution in [3.63, 3.8) is 0 Å². The third-order valence-electron chi connectivity index (χ3n) is 2.63. The maximum Gasteiger partial charge on any atom is 0.288 e. The molecule has 0 saturated heterocycles. The molecule has 0 N–H and O–H groups in total. The monoisotopic (exact) mass is 279 g/mol. The molecule has 19 heavy (non-hydrogen) atoms. The van der Waals surface area contributed by atoms with Gasteiger partial charge in [0.25, 0.3) is 5.69 Å². The van der Waals surface area contributed by atoms with Gasteiger partial charge in [-0.05, 0) is 24.3 Å². The minimum Gasteiger partial charge on any atom is -0.453 e. The summed E-state index contributed by atoms with van der Waals surface area (Å²) >= 11 is 5.73. The number of nitro benzene ring substituents is 1. The lowest BCUT2D eigenvalue weighted by molar-refractivity contribution is -0.384. The first-order valence-corrected chi connectivity index (χ1v) is 5.98. The number of hydrogen-bond acceptors (Lipinski definition) is 4. The minimum absolute atomic E-state index is 0.0603. The molecule has 2 aromatic rings. The molecule has 0 fully saturated rings. The number of furan rings is 1. The molecule has 2 rings (SSSR count). The third-order valence-corrected chi connectivity index (χ3v) is 2.95. The highest BCUT2D eigenvalue weighted by Gasteiger charge is 2.16. The Labute approximate surface area is 113 Å². The quantitative estimate of drug-likeness (QED) is 0.480. The summed E-state index contributed by atoms with van der Waals surface area (Å²) in [5.41, 5.74) is 0.310. The zero-order chi connectivity index (χ0) is 14.0. The molecule has 0 spiro atoms. The fourth-order valence-corrected chi connectivity index (χ4v) is 1.81. The van der Waals surface area contributed by atoms with Gasteiger partial charge in [-0.3, -0.25) is 14.9 Å². The van der Waals surface area contributed by atoms with E-state index in [0.29, 0.717) is 17.7 Å². The number of carbonyl (C=O) groups is 1. The van der Waals surface area contributed by atoms with Crippen LogP contribution in [0, 0.1) is 10.1 Å². The number of ketones is 1. The molecule has 0 aliphatic carbocycles. The van der Waals surface area contributed by atoms with Gasteiger partial charge in [-0.15, -0.1) is 0 Å². The van der Waals surface area contributed by atoms with Crippen LogP contribution in [0.2, 0.25) is 5.02 Å². The lowest BCUT2D eigenvalue weighted by atomic mass is 10.1. The summed E-state index contributed by atoms with van der Waals surface area (Å²) < 4.78 is 5.38. The number of benzene rings is 1. The second-order valence-corrected chi connectivity index (χ2v) is 4.27. The van der Waals surface area contributed by atoms with Crippen molar-refractivity contribution in [2.75, 3.05) is 0 Å². The Kier molecular flexibility index (Phi) is 3.66. The van der Waals surface area contributed by atoms with Gasteiger partial charge in [-0.1, -0.05) is 18.5 Å². The van der Waals surface area contributed by atoms with E-state index in [0.717, 1.165) is 0 Å².